The van der Waals surface area contributed by atoms with Crippen LogP contribution in [0.25, 0.3) is 0 Å². The van der Waals surface area contributed by atoms with Crippen LogP contribution in [-0.4, -0.2) is 4.98 Å². The van der Waals surface area contributed by atoms with Gasteiger partial charge in [0.15, 0.2) is 0 Å². The second kappa shape index (κ2) is 4.97. The van der Waals surface area contributed by atoms with E-state index in [-0.39, 0.29) is 6.04 Å². The van der Waals surface area contributed by atoms with Crippen molar-refractivity contribution < 1.29 is 4.74 Å². The molecule has 1 unspecified atom stereocenters. The van der Waals surface area contributed by atoms with Crippen LogP contribution in [0, 0.1) is 6.92 Å². The van der Waals surface area contributed by atoms with Gasteiger partial charge in [0.25, 0.3) is 0 Å². The van der Waals surface area contributed by atoms with E-state index in [0.717, 1.165) is 17.2 Å². The van der Waals surface area contributed by atoms with Gasteiger partial charge in [0.05, 0.1) is 11.9 Å². The van der Waals surface area contributed by atoms with Gasteiger partial charge < -0.3 is 10.5 Å². The average molecular weight is 228 g/mol. The summed E-state index contributed by atoms with van der Waals surface area (Å²) >= 11 is 0. The van der Waals surface area contributed by atoms with Gasteiger partial charge in [-0.25, -0.2) is 0 Å². The van der Waals surface area contributed by atoms with Crippen molar-refractivity contribution in [2.24, 2.45) is 5.73 Å². The van der Waals surface area contributed by atoms with Crippen molar-refractivity contribution in [2.75, 3.05) is 0 Å². The molecule has 0 fully saturated rings. The Morgan fingerprint density at radius 3 is 2.59 bits per heavy atom. The van der Waals surface area contributed by atoms with E-state index >= 15 is 0 Å². The SMILES string of the molecule is Cc1cccc(Oc2ccc(C(C)N)nc2)c1. The summed E-state index contributed by atoms with van der Waals surface area (Å²) in [5, 5.41) is 0. The summed E-state index contributed by atoms with van der Waals surface area (Å²) in [7, 11) is 0. The summed E-state index contributed by atoms with van der Waals surface area (Å²) in [6.07, 6.45) is 1.70. The van der Waals surface area contributed by atoms with Crippen LogP contribution in [0.2, 0.25) is 0 Å². The quantitative estimate of drug-likeness (QED) is 0.877. The molecule has 1 heterocycles. The zero-order valence-corrected chi connectivity index (χ0v) is 10.1. The van der Waals surface area contributed by atoms with E-state index < -0.39 is 0 Å². The van der Waals surface area contributed by atoms with E-state index in [2.05, 4.69) is 4.98 Å². The van der Waals surface area contributed by atoms with Crippen LogP contribution in [-0.2, 0) is 0 Å². The second-order valence-electron chi connectivity index (χ2n) is 4.13. The van der Waals surface area contributed by atoms with Crippen molar-refractivity contribution in [1.29, 1.82) is 0 Å². The lowest BCUT2D eigenvalue weighted by Gasteiger charge is -2.08. The van der Waals surface area contributed by atoms with Crippen molar-refractivity contribution in [3.63, 3.8) is 0 Å². The van der Waals surface area contributed by atoms with Crippen molar-refractivity contribution in [3.05, 3.63) is 53.9 Å². The Bertz CT molecular complexity index is 492. The highest BCUT2D eigenvalue weighted by Crippen LogP contribution is 2.22. The fourth-order valence-electron chi connectivity index (χ4n) is 1.54. The van der Waals surface area contributed by atoms with Gasteiger partial charge in [0.1, 0.15) is 11.5 Å². The van der Waals surface area contributed by atoms with Crippen molar-refractivity contribution in [2.45, 2.75) is 19.9 Å². The normalized spacial score (nSPS) is 12.2. The fourth-order valence-corrected chi connectivity index (χ4v) is 1.54. The van der Waals surface area contributed by atoms with Gasteiger partial charge in [-0.3, -0.25) is 4.98 Å². The molecule has 0 radical (unpaired) electrons. The van der Waals surface area contributed by atoms with Gasteiger partial charge in [-0.15, -0.1) is 0 Å². The lowest BCUT2D eigenvalue weighted by Crippen LogP contribution is -2.06. The molecule has 3 heteroatoms. The molecular weight excluding hydrogens is 212 g/mol. The molecule has 0 bridgehead atoms. The van der Waals surface area contributed by atoms with Crippen LogP contribution in [0.3, 0.4) is 0 Å². The third-order valence-electron chi connectivity index (χ3n) is 2.45. The minimum Gasteiger partial charge on any atom is -0.456 e. The van der Waals surface area contributed by atoms with Gasteiger partial charge in [0.2, 0.25) is 0 Å². The Kier molecular flexibility index (Phi) is 3.40. The number of aryl methyl sites for hydroxylation is 1. The maximum Gasteiger partial charge on any atom is 0.145 e. The van der Waals surface area contributed by atoms with Gasteiger partial charge >= 0.3 is 0 Å². The molecule has 2 aromatic rings. The second-order valence-corrected chi connectivity index (χ2v) is 4.13. The van der Waals surface area contributed by atoms with Gasteiger partial charge in [0, 0.05) is 6.04 Å². The Hall–Kier alpha value is -1.87. The molecule has 17 heavy (non-hydrogen) atoms. The lowest BCUT2D eigenvalue weighted by atomic mass is 10.2. The summed E-state index contributed by atoms with van der Waals surface area (Å²) in [6.45, 7) is 3.94. The molecule has 0 aliphatic rings. The Morgan fingerprint density at radius 2 is 2.00 bits per heavy atom. The summed E-state index contributed by atoms with van der Waals surface area (Å²) < 4.78 is 5.69. The fraction of sp³-hybridized carbons (Fsp3) is 0.214. The van der Waals surface area contributed by atoms with Crippen molar-refractivity contribution >= 4 is 0 Å². The first-order valence-electron chi connectivity index (χ1n) is 5.61. The molecule has 2 N–H and O–H groups in total. The summed E-state index contributed by atoms with van der Waals surface area (Å²) in [6, 6.07) is 11.6. The van der Waals surface area contributed by atoms with E-state index in [1.165, 1.54) is 5.56 Å². The number of nitrogens with two attached hydrogens (primary N) is 1. The molecule has 2 rings (SSSR count). The summed E-state index contributed by atoms with van der Waals surface area (Å²) in [5.41, 5.74) is 7.76. The minimum atomic E-state index is -0.0528. The van der Waals surface area contributed by atoms with Crippen LogP contribution < -0.4 is 10.5 Å². The highest BCUT2D eigenvalue weighted by Gasteiger charge is 2.02. The first kappa shape index (κ1) is 11.6. The number of ether oxygens (including phenoxy) is 1. The summed E-state index contributed by atoms with van der Waals surface area (Å²) in [4.78, 5) is 4.25. The van der Waals surface area contributed by atoms with Crippen LogP contribution in [0.4, 0.5) is 0 Å². The van der Waals surface area contributed by atoms with Crippen molar-refractivity contribution in [1.82, 2.24) is 4.98 Å². The number of aromatic nitrogens is 1. The van der Waals surface area contributed by atoms with Crippen LogP contribution in [0.5, 0.6) is 11.5 Å². The van der Waals surface area contributed by atoms with E-state index in [0.29, 0.717) is 0 Å². The van der Waals surface area contributed by atoms with Gasteiger partial charge in [-0.05, 0) is 43.7 Å². The number of hydrogen-bond donors (Lipinski definition) is 1. The van der Waals surface area contributed by atoms with Crippen LogP contribution in [0.15, 0.2) is 42.6 Å². The van der Waals surface area contributed by atoms with Crippen LogP contribution in [0.1, 0.15) is 24.2 Å². The molecule has 0 aliphatic carbocycles. The Balaban J connectivity index is 2.14. The number of nitrogens with zero attached hydrogens (tertiary/aromatic N) is 1. The predicted octanol–water partition coefficient (Wildman–Crippen LogP) is 3.20. The Morgan fingerprint density at radius 1 is 1.18 bits per heavy atom. The van der Waals surface area contributed by atoms with Gasteiger partial charge in [-0.1, -0.05) is 12.1 Å². The molecule has 1 atom stereocenters. The zero-order valence-electron chi connectivity index (χ0n) is 10.1. The molecule has 0 spiro atoms. The number of rotatable bonds is 3. The summed E-state index contributed by atoms with van der Waals surface area (Å²) in [5.74, 6) is 1.54. The molecular formula is C14H16N2O. The number of benzene rings is 1. The lowest BCUT2D eigenvalue weighted by molar-refractivity contribution is 0.479. The highest BCUT2D eigenvalue weighted by atomic mass is 16.5. The predicted molar refractivity (Wildman–Crippen MR) is 68.1 cm³/mol. The van der Waals surface area contributed by atoms with Crippen molar-refractivity contribution in [3.8, 4) is 11.5 Å². The molecule has 0 saturated heterocycles. The highest BCUT2D eigenvalue weighted by molar-refractivity contribution is 5.32. The van der Waals surface area contributed by atoms with E-state index in [4.69, 9.17) is 10.5 Å². The Labute approximate surface area is 101 Å². The molecule has 1 aromatic heterocycles. The first-order valence-corrected chi connectivity index (χ1v) is 5.61. The first-order chi connectivity index (χ1) is 8.15. The smallest absolute Gasteiger partial charge is 0.145 e. The maximum absolute atomic E-state index is 5.73. The van der Waals surface area contributed by atoms with Crippen LogP contribution >= 0.6 is 0 Å². The standard InChI is InChI=1S/C14H16N2O/c1-10-4-3-5-12(8-10)17-13-6-7-14(11(2)15)16-9-13/h3-9,11H,15H2,1-2H3. The van der Waals surface area contributed by atoms with E-state index in [1.54, 1.807) is 6.20 Å². The third kappa shape index (κ3) is 3.04. The maximum atomic E-state index is 5.73. The topological polar surface area (TPSA) is 48.1 Å². The van der Waals surface area contributed by atoms with Gasteiger partial charge in [-0.2, -0.15) is 0 Å². The monoisotopic (exact) mass is 228 g/mol. The minimum absolute atomic E-state index is 0.0528. The number of pyridine rings is 1. The third-order valence-corrected chi connectivity index (χ3v) is 2.45. The van der Waals surface area contributed by atoms with E-state index in [9.17, 15) is 0 Å². The molecule has 0 saturated carbocycles. The molecule has 88 valence electrons. The molecule has 0 aliphatic heterocycles. The molecule has 1 aromatic carbocycles. The average Bonchev–Trinajstić information content (AvgIpc) is 2.29. The zero-order chi connectivity index (χ0) is 12.3. The molecule has 3 nitrogen and oxygen atoms in total. The number of hydrogen-bond acceptors (Lipinski definition) is 3. The molecule has 0 amide bonds. The van der Waals surface area contributed by atoms with E-state index in [1.807, 2.05) is 50.2 Å². The largest absolute Gasteiger partial charge is 0.456 e.